The average molecular weight is 365 g/mol. The molecule has 1 aliphatic carbocycles. The van der Waals surface area contributed by atoms with Crippen LogP contribution >= 0.6 is 0 Å². The van der Waals surface area contributed by atoms with Crippen LogP contribution in [0.5, 0.6) is 5.75 Å². The molecule has 1 aliphatic heterocycles. The molecule has 1 aromatic carbocycles. The van der Waals surface area contributed by atoms with E-state index >= 15 is 0 Å². The van der Waals surface area contributed by atoms with Crippen molar-refractivity contribution < 1.29 is 17.9 Å². The van der Waals surface area contributed by atoms with E-state index in [-0.39, 0.29) is 30.1 Å². The number of unbranched alkanes of at least 4 members (excludes halogenated alkanes) is 1. The van der Waals surface area contributed by atoms with Crippen molar-refractivity contribution in [1.29, 1.82) is 0 Å². The molecule has 1 unspecified atom stereocenters. The zero-order chi connectivity index (χ0) is 17.9. The molecular formula is C19H27NO4S. The van der Waals surface area contributed by atoms with Crippen molar-refractivity contribution in [2.75, 3.05) is 24.7 Å². The number of sulfone groups is 1. The van der Waals surface area contributed by atoms with Gasteiger partial charge in [0.15, 0.2) is 16.4 Å². The summed E-state index contributed by atoms with van der Waals surface area (Å²) >= 11 is 0. The van der Waals surface area contributed by atoms with Gasteiger partial charge in [-0.2, -0.15) is 0 Å². The van der Waals surface area contributed by atoms with Crippen molar-refractivity contribution in [3.05, 3.63) is 29.3 Å². The van der Waals surface area contributed by atoms with Gasteiger partial charge in [-0.3, -0.25) is 4.79 Å². The van der Waals surface area contributed by atoms with E-state index in [1.54, 1.807) is 4.90 Å². The van der Waals surface area contributed by atoms with Gasteiger partial charge in [0.1, 0.15) is 5.75 Å². The largest absolute Gasteiger partial charge is 0.484 e. The Bertz CT molecular complexity index is 729. The number of aryl methyl sites for hydroxylation is 2. The molecule has 1 saturated heterocycles. The second kappa shape index (κ2) is 7.77. The molecule has 0 radical (unpaired) electrons. The highest BCUT2D eigenvalue weighted by atomic mass is 32.2. The Labute approximate surface area is 150 Å². The number of ether oxygens (including phenoxy) is 1. The molecule has 0 N–H and O–H groups in total. The van der Waals surface area contributed by atoms with E-state index in [4.69, 9.17) is 4.74 Å². The van der Waals surface area contributed by atoms with E-state index in [1.807, 2.05) is 12.1 Å². The standard InChI is InChI=1S/C19H27NO4S/c1-2-3-10-20(17-9-11-25(22,23)14-17)19(21)13-24-18-8-7-15-5-4-6-16(15)12-18/h7-8,12,17H,2-6,9-11,13-14H2,1H3. The quantitative estimate of drug-likeness (QED) is 0.744. The zero-order valence-electron chi connectivity index (χ0n) is 14.9. The number of benzene rings is 1. The van der Waals surface area contributed by atoms with Crippen molar-refractivity contribution in [2.45, 2.75) is 51.5 Å². The lowest BCUT2D eigenvalue weighted by atomic mass is 10.1. The summed E-state index contributed by atoms with van der Waals surface area (Å²) in [6, 6.07) is 5.84. The maximum atomic E-state index is 12.7. The van der Waals surface area contributed by atoms with E-state index in [9.17, 15) is 13.2 Å². The topological polar surface area (TPSA) is 63.7 Å². The first kappa shape index (κ1) is 18.2. The molecule has 0 bridgehead atoms. The molecule has 5 nitrogen and oxygen atoms in total. The van der Waals surface area contributed by atoms with Gasteiger partial charge in [-0.1, -0.05) is 19.4 Å². The first-order valence-electron chi connectivity index (χ1n) is 9.23. The van der Waals surface area contributed by atoms with E-state index in [0.29, 0.717) is 13.0 Å². The van der Waals surface area contributed by atoms with Crippen LogP contribution in [0.2, 0.25) is 0 Å². The maximum absolute atomic E-state index is 12.7. The van der Waals surface area contributed by atoms with Crippen LogP contribution in [0.1, 0.15) is 43.7 Å². The fourth-order valence-electron chi connectivity index (χ4n) is 3.73. The van der Waals surface area contributed by atoms with Crippen LogP contribution in [0.4, 0.5) is 0 Å². The van der Waals surface area contributed by atoms with E-state index < -0.39 is 9.84 Å². The number of carbonyl (C=O) groups is 1. The Morgan fingerprint density at radius 3 is 2.80 bits per heavy atom. The Morgan fingerprint density at radius 2 is 2.08 bits per heavy atom. The number of amides is 1. The molecule has 138 valence electrons. The Hall–Kier alpha value is -1.56. The third-order valence-electron chi connectivity index (χ3n) is 5.15. The van der Waals surface area contributed by atoms with Crippen molar-refractivity contribution in [1.82, 2.24) is 4.90 Å². The smallest absolute Gasteiger partial charge is 0.260 e. The number of rotatable bonds is 7. The SMILES string of the molecule is CCCCN(C(=O)COc1ccc2c(c1)CCC2)C1CCS(=O)(=O)C1. The van der Waals surface area contributed by atoms with Crippen molar-refractivity contribution in [3.63, 3.8) is 0 Å². The van der Waals surface area contributed by atoms with E-state index in [0.717, 1.165) is 31.4 Å². The Morgan fingerprint density at radius 1 is 1.28 bits per heavy atom. The molecule has 1 atom stereocenters. The van der Waals surface area contributed by atoms with Crippen LogP contribution in [0.3, 0.4) is 0 Å². The summed E-state index contributed by atoms with van der Waals surface area (Å²) in [5.74, 6) is 0.875. The van der Waals surface area contributed by atoms with E-state index in [2.05, 4.69) is 13.0 Å². The molecule has 3 rings (SSSR count). The summed E-state index contributed by atoms with van der Waals surface area (Å²) in [4.78, 5) is 14.4. The number of fused-ring (bicyclic) bond motifs is 1. The third kappa shape index (κ3) is 4.54. The van der Waals surface area contributed by atoms with Gasteiger partial charge in [0.05, 0.1) is 11.5 Å². The molecular weight excluding hydrogens is 338 g/mol. The monoisotopic (exact) mass is 365 g/mol. The summed E-state index contributed by atoms with van der Waals surface area (Å²) in [6.07, 6.45) is 5.75. The van der Waals surface area contributed by atoms with E-state index in [1.165, 1.54) is 17.5 Å². The minimum Gasteiger partial charge on any atom is -0.484 e. The minimum atomic E-state index is -3.01. The molecule has 6 heteroatoms. The summed E-state index contributed by atoms with van der Waals surface area (Å²) in [5, 5.41) is 0. The average Bonchev–Trinajstić information content (AvgIpc) is 3.18. The van der Waals surface area contributed by atoms with Gasteiger partial charge in [0.2, 0.25) is 0 Å². The molecule has 1 aromatic rings. The van der Waals surface area contributed by atoms with Gasteiger partial charge < -0.3 is 9.64 Å². The van der Waals surface area contributed by atoms with Crippen molar-refractivity contribution in [3.8, 4) is 5.75 Å². The molecule has 1 heterocycles. The van der Waals surface area contributed by atoms with Crippen LogP contribution in [0.25, 0.3) is 0 Å². The van der Waals surface area contributed by atoms with Gasteiger partial charge in [0.25, 0.3) is 5.91 Å². The van der Waals surface area contributed by atoms with Crippen molar-refractivity contribution >= 4 is 15.7 Å². The molecule has 0 aromatic heterocycles. The summed E-state index contributed by atoms with van der Waals surface area (Å²) in [5.41, 5.74) is 2.69. The fourth-order valence-corrected chi connectivity index (χ4v) is 5.46. The second-order valence-electron chi connectivity index (χ2n) is 7.07. The van der Waals surface area contributed by atoms with Gasteiger partial charge in [-0.05, 0) is 55.4 Å². The van der Waals surface area contributed by atoms with Gasteiger partial charge >= 0.3 is 0 Å². The minimum absolute atomic E-state index is 0.0287. The third-order valence-corrected chi connectivity index (χ3v) is 6.90. The van der Waals surface area contributed by atoms with Crippen LogP contribution in [-0.4, -0.2) is 49.9 Å². The summed E-state index contributed by atoms with van der Waals surface area (Å²) in [7, 11) is -3.01. The summed E-state index contributed by atoms with van der Waals surface area (Å²) < 4.78 is 29.2. The summed E-state index contributed by atoms with van der Waals surface area (Å²) in [6.45, 7) is 2.64. The highest BCUT2D eigenvalue weighted by molar-refractivity contribution is 7.91. The zero-order valence-corrected chi connectivity index (χ0v) is 15.7. The molecule has 0 spiro atoms. The van der Waals surface area contributed by atoms with Crippen LogP contribution in [0.15, 0.2) is 18.2 Å². The molecule has 1 amide bonds. The van der Waals surface area contributed by atoms with Gasteiger partial charge in [-0.15, -0.1) is 0 Å². The lowest BCUT2D eigenvalue weighted by Gasteiger charge is -2.28. The number of hydrogen-bond acceptors (Lipinski definition) is 4. The van der Waals surface area contributed by atoms with Gasteiger partial charge in [-0.25, -0.2) is 8.42 Å². The highest BCUT2D eigenvalue weighted by Crippen LogP contribution is 2.26. The van der Waals surface area contributed by atoms with Crippen molar-refractivity contribution in [2.24, 2.45) is 0 Å². The first-order chi connectivity index (χ1) is 12.0. The normalized spacial score (nSPS) is 21.1. The van der Waals surface area contributed by atoms with Crippen LogP contribution in [-0.2, 0) is 27.5 Å². The van der Waals surface area contributed by atoms with Crippen LogP contribution in [0, 0.1) is 0 Å². The predicted molar refractivity (Wildman–Crippen MR) is 97.6 cm³/mol. The number of hydrogen-bond donors (Lipinski definition) is 0. The van der Waals surface area contributed by atoms with Gasteiger partial charge in [0, 0.05) is 12.6 Å². The van der Waals surface area contributed by atoms with Crippen LogP contribution < -0.4 is 4.74 Å². The highest BCUT2D eigenvalue weighted by Gasteiger charge is 2.34. The molecule has 2 aliphatic rings. The number of nitrogens with zero attached hydrogens (tertiary/aromatic N) is 1. The fraction of sp³-hybridized carbons (Fsp3) is 0.632. The second-order valence-corrected chi connectivity index (χ2v) is 9.30. The lowest BCUT2D eigenvalue weighted by Crippen LogP contribution is -2.44. The Balaban J connectivity index is 1.62. The molecule has 1 fully saturated rings. The molecule has 0 saturated carbocycles. The molecule has 25 heavy (non-hydrogen) atoms. The number of carbonyl (C=O) groups excluding carboxylic acids is 1. The maximum Gasteiger partial charge on any atom is 0.260 e. The predicted octanol–water partition coefficient (Wildman–Crippen LogP) is 2.37. The lowest BCUT2D eigenvalue weighted by molar-refractivity contribution is -0.135. The first-order valence-corrected chi connectivity index (χ1v) is 11.0. The Kier molecular flexibility index (Phi) is 5.67.